The Morgan fingerprint density at radius 1 is 1.14 bits per heavy atom. The summed E-state index contributed by atoms with van der Waals surface area (Å²) in [6.45, 7) is 9.74. The van der Waals surface area contributed by atoms with Crippen molar-refractivity contribution in [2.75, 3.05) is 5.32 Å². The summed E-state index contributed by atoms with van der Waals surface area (Å²) in [5.74, 6) is -0.0863. The van der Waals surface area contributed by atoms with Gasteiger partial charge in [-0.05, 0) is 70.0 Å². The van der Waals surface area contributed by atoms with E-state index >= 15 is 0 Å². The Morgan fingerprint density at radius 2 is 1.90 bits per heavy atom. The fourth-order valence-electron chi connectivity index (χ4n) is 3.19. The van der Waals surface area contributed by atoms with Gasteiger partial charge >= 0.3 is 5.97 Å². The van der Waals surface area contributed by atoms with E-state index in [4.69, 9.17) is 9.15 Å². The third-order valence-corrected chi connectivity index (χ3v) is 4.99. The Balaban J connectivity index is 1.69. The van der Waals surface area contributed by atoms with Crippen LogP contribution in [0, 0.1) is 27.7 Å². The topological polar surface area (TPSA) is 73.5 Å². The summed E-state index contributed by atoms with van der Waals surface area (Å²) in [5.41, 5.74) is 4.84. The first-order valence-electron chi connectivity index (χ1n) is 9.54. The third-order valence-electron chi connectivity index (χ3n) is 4.99. The number of carbonyl (C=O) groups excluding carboxylic acids is 2. The summed E-state index contributed by atoms with van der Waals surface area (Å²) < 4.78 is 12.8. The molecule has 2 heterocycles. The maximum Gasteiger partial charge on any atom is 0.340 e. The van der Waals surface area contributed by atoms with Crippen LogP contribution in [-0.2, 0) is 16.1 Å². The second kappa shape index (κ2) is 8.39. The van der Waals surface area contributed by atoms with E-state index in [-0.39, 0.29) is 5.91 Å². The Labute approximate surface area is 170 Å². The fourth-order valence-corrected chi connectivity index (χ4v) is 3.19. The molecule has 0 unspecified atom stereocenters. The number of furan rings is 1. The summed E-state index contributed by atoms with van der Waals surface area (Å²) >= 11 is 0. The van der Waals surface area contributed by atoms with Crippen LogP contribution >= 0.6 is 0 Å². The van der Waals surface area contributed by atoms with Crippen LogP contribution in [0.2, 0.25) is 0 Å². The van der Waals surface area contributed by atoms with Crippen molar-refractivity contribution in [1.29, 1.82) is 0 Å². The Hall–Kier alpha value is -3.28. The number of benzene rings is 1. The molecule has 0 fully saturated rings. The molecule has 0 saturated heterocycles. The predicted molar refractivity (Wildman–Crippen MR) is 111 cm³/mol. The molecule has 2 aromatic heterocycles. The molecule has 0 aliphatic rings. The zero-order valence-electron chi connectivity index (χ0n) is 17.4. The summed E-state index contributed by atoms with van der Waals surface area (Å²) in [6, 6.07) is 11.3. The highest BCUT2D eigenvalue weighted by Gasteiger charge is 2.23. The molecule has 0 aliphatic carbocycles. The minimum Gasteiger partial charge on any atom is -0.467 e. The maximum atomic E-state index is 12.7. The molecule has 152 valence electrons. The number of anilines is 1. The van der Waals surface area contributed by atoms with Crippen molar-refractivity contribution in [2.45, 2.75) is 47.3 Å². The molecule has 6 heteroatoms. The second-order valence-electron chi connectivity index (χ2n) is 7.31. The second-order valence-corrected chi connectivity index (χ2v) is 7.31. The van der Waals surface area contributed by atoms with Crippen molar-refractivity contribution in [2.24, 2.45) is 0 Å². The van der Waals surface area contributed by atoms with Crippen molar-refractivity contribution in [3.05, 3.63) is 76.5 Å². The lowest BCUT2D eigenvalue weighted by molar-refractivity contribution is -0.123. The highest BCUT2D eigenvalue weighted by molar-refractivity contribution is 5.98. The van der Waals surface area contributed by atoms with Gasteiger partial charge in [0.1, 0.15) is 5.76 Å². The minimum atomic E-state index is -0.921. The average Bonchev–Trinajstić information content (AvgIpc) is 3.28. The molecule has 0 bridgehead atoms. The quantitative estimate of drug-likeness (QED) is 0.623. The molecule has 29 heavy (non-hydrogen) atoms. The van der Waals surface area contributed by atoms with E-state index in [1.165, 1.54) is 0 Å². The molecule has 3 aromatic rings. The summed E-state index contributed by atoms with van der Waals surface area (Å²) in [5, 5.41) is 2.83. The lowest BCUT2D eigenvalue weighted by atomic mass is 10.1. The molecule has 0 aliphatic heterocycles. The van der Waals surface area contributed by atoms with Crippen LogP contribution in [-0.4, -0.2) is 22.5 Å². The Bertz CT molecular complexity index is 1030. The van der Waals surface area contributed by atoms with Gasteiger partial charge in [0, 0.05) is 17.1 Å². The van der Waals surface area contributed by atoms with Crippen LogP contribution in [0.1, 0.15) is 45.6 Å². The largest absolute Gasteiger partial charge is 0.467 e. The van der Waals surface area contributed by atoms with Crippen LogP contribution in [0.3, 0.4) is 0 Å². The van der Waals surface area contributed by atoms with E-state index in [2.05, 4.69) is 5.32 Å². The van der Waals surface area contributed by atoms with Crippen LogP contribution in [0.25, 0.3) is 0 Å². The van der Waals surface area contributed by atoms with Gasteiger partial charge < -0.3 is 19.0 Å². The van der Waals surface area contributed by atoms with E-state index in [0.717, 1.165) is 34.0 Å². The summed E-state index contributed by atoms with van der Waals surface area (Å²) in [6.07, 6.45) is 0.699. The van der Waals surface area contributed by atoms with E-state index in [1.54, 1.807) is 19.3 Å². The van der Waals surface area contributed by atoms with Crippen LogP contribution in [0.5, 0.6) is 0 Å². The summed E-state index contributed by atoms with van der Waals surface area (Å²) in [4.78, 5) is 25.2. The maximum absolute atomic E-state index is 12.7. The van der Waals surface area contributed by atoms with Gasteiger partial charge in [-0.15, -0.1) is 0 Å². The van der Waals surface area contributed by atoms with Gasteiger partial charge in [0.2, 0.25) is 0 Å². The minimum absolute atomic E-state index is 0.364. The molecule has 1 N–H and O–H groups in total. The SMILES string of the molecule is Cc1ccc(C)c(NC(=O)[C@H](C)OC(=O)c2cc(C)n(Cc3ccco3)c2C)c1. The monoisotopic (exact) mass is 394 g/mol. The van der Waals surface area contributed by atoms with Gasteiger partial charge in [-0.3, -0.25) is 4.79 Å². The van der Waals surface area contributed by atoms with E-state index in [0.29, 0.717) is 12.1 Å². The third kappa shape index (κ3) is 4.59. The van der Waals surface area contributed by atoms with Crippen molar-refractivity contribution in [3.8, 4) is 0 Å². The predicted octanol–water partition coefficient (Wildman–Crippen LogP) is 4.55. The number of nitrogens with one attached hydrogen (secondary N) is 1. The lowest BCUT2D eigenvalue weighted by Crippen LogP contribution is -2.30. The highest BCUT2D eigenvalue weighted by atomic mass is 16.5. The zero-order chi connectivity index (χ0) is 21.1. The lowest BCUT2D eigenvalue weighted by Gasteiger charge is -2.15. The molecule has 3 rings (SSSR count). The number of nitrogens with zero attached hydrogens (tertiary/aromatic N) is 1. The number of rotatable bonds is 6. The standard InChI is InChI=1S/C23H26N2O4/c1-14-8-9-15(2)21(11-14)24-22(26)18(5)29-23(27)20-12-16(3)25(17(20)4)13-19-7-6-10-28-19/h6-12,18H,13H2,1-5H3,(H,24,26)/t18-/m0/s1. The molecule has 1 amide bonds. The normalized spacial score (nSPS) is 11.9. The van der Waals surface area contributed by atoms with Gasteiger partial charge in [-0.1, -0.05) is 12.1 Å². The summed E-state index contributed by atoms with van der Waals surface area (Å²) in [7, 11) is 0. The first-order chi connectivity index (χ1) is 13.8. The van der Waals surface area contributed by atoms with E-state index in [9.17, 15) is 9.59 Å². The van der Waals surface area contributed by atoms with Gasteiger partial charge in [0.05, 0.1) is 18.4 Å². The average molecular weight is 394 g/mol. The molecule has 0 spiro atoms. The number of hydrogen-bond acceptors (Lipinski definition) is 4. The van der Waals surface area contributed by atoms with E-state index in [1.807, 2.05) is 62.6 Å². The number of aromatic nitrogens is 1. The zero-order valence-corrected chi connectivity index (χ0v) is 17.4. The smallest absolute Gasteiger partial charge is 0.340 e. The fraction of sp³-hybridized carbons (Fsp3) is 0.304. The number of ether oxygens (including phenoxy) is 1. The van der Waals surface area contributed by atoms with Crippen molar-refractivity contribution >= 4 is 17.6 Å². The molecule has 0 saturated carbocycles. The number of aryl methyl sites for hydroxylation is 3. The number of esters is 1. The van der Waals surface area contributed by atoms with Crippen LogP contribution in [0.4, 0.5) is 5.69 Å². The number of hydrogen-bond donors (Lipinski definition) is 1. The van der Waals surface area contributed by atoms with Gasteiger partial charge in [-0.25, -0.2) is 4.79 Å². The van der Waals surface area contributed by atoms with Crippen LogP contribution in [0.15, 0.2) is 47.1 Å². The first kappa shape index (κ1) is 20.5. The molecular formula is C23H26N2O4. The van der Waals surface area contributed by atoms with Gasteiger partial charge in [0.25, 0.3) is 5.91 Å². The molecular weight excluding hydrogens is 368 g/mol. The van der Waals surface area contributed by atoms with Crippen molar-refractivity contribution in [1.82, 2.24) is 4.57 Å². The van der Waals surface area contributed by atoms with Gasteiger partial charge in [0.15, 0.2) is 6.10 Å². The number of carbonyl (C=O) groups is 2. The van der Waals surface area contributed by atoms with E-state index < -0.39 is 12.1 Å². The van der Waals surface area contributed by atoms with Crippen molar-refractivity contribution in [3.63, 3.8) is 0 Å². The number of amides is 1. The molecule has 1 aromatic carbocycles. The Kier molecular flexibility index (Phi) is 5.92. The highest BCUT2D eigenvalue weighted by Crippen LogP contribution is 2.20. The van der Waals surface area contributed by atoms with Gasteiger partial charge in [-0.2, -0.15) is 0 Å². The molecule has 0 radical (unpaired) electrons. The van der Waals surface area contributed by atoms with Crippen molar-refractivity contribution < 1.29 is 18.7 Å². The molecule has 6 nitrogen and oxygen atoms in total. The molecule has 1 atom stereocenters. The first-order valence-corrected chi connectivity index (χ1v) is 9.54. The van der Waals surface area contributed by atoms with Crippen LogP contribution < -0.4 is 5.32 Å². The Morgan fingerprint density at radius 3 is 2.59 bits per heavy atom.